The molecule has 2 rings (SSSR count). The molecule has 1 heterocycles. The van der Waals surface area contributed by atoms with Gasteiger partial charge in [-0.25, -0.2) is 0 Å². The topological polar surface area (TPSA) is 15.8 Å². The molecule has 0 amide bonds. The number of hydrogen-bond acceptors (Lipinski definition) is 0. The first-order chi connectivity index (χ1) is 7.67. The summed E-state index contributed by atoms with van der Waals surface area (Å²) in [6, 6.07) is 8.61. The number of aromatic nitrogens is 1. The minimum atomic E-state index is 1.23. The fourth-order valence-electron chi connectivity index (χ4n) is 1.40. The Bertz CT molecular complexity index is 399. The van der Waals surface area contributed by atoms with E-state index in [1.807, 2.05) is 13.8 Å². The summed E-state index contributed by atoms with van der Waals surface area (Å²) in [4.78, 5) is 3.29. The van der Waals surface area contributed by atoms with Gasteiger partial charge in [0, 0.05) is 11.2 Å². The van der Waals surface area contributed by atoms with Gasteiger partial charge in [0.1, 0.15) is 0 Å². The third kappa shape index (κ3) is 4.52. The van der Waals surface area contributed by atoms with Crippen molar-refractivity contribution in [3.63, 3.8) is 0 Å². The second-order valence-electron chi connectivity index (χ2n) is 3.75. The van der Waals surface area contributed by atoms with Crippen LogP contribution in [-0.4, -0.2) is 4.98 Å². The number of hydrogen-bond donors (Lipinski definition) is 1. The Hall–Kier alpha value is -1.24. The predicted octanol–water partition coefficient (Wildman–Crippen LogP) is 5.23. The van der Waals surface area contributed by atoms with Crippen molar-refractivity contribution >= 4 is 10.9 Å². The van der Waals surface area contributed by atoms with E-state index in [4.69, 9.17) is 0 Å². The van der Waals surface area contributed by atoms with Gasteiger partial charge in [0.15, 0.2) is 0 Å². The zero-order valence-electron chi connectivity index (χ0n) is 11.5. The number of aromatic amines is 1. The van der Waals surface area contributed by atoms with Crippen molar-refractivity contribution in [3.05, 3.63) is 35.5 Å². The quantitative estimate of drug-likeness (QED) is 0.624. The highest BCUT2D eigenvalue weighted by atomic mass is 14.7. The van der Waals surface area contributed by atoms with Crippen molar-refractivity contribution in [2.75, 3.05) is 0 Å². The third-order valence-electron chi connectivity index (χ3n) is 1.91. The van der Waals surface area contributed by atoms with Gasteiger partial charge in [-0.15, -0.1) is 0 Å². The van der Waals surface area contributed by atoms with Crippen molar-refractivity contribution in [2.24, 2.45) is 0 Å². The number of aryl methyl sites for hydroxylation is 2. The van der Waals surface area contributed by atoms with Crippen LogP contribution in [0.2, 0.25) is 0 Å². The second-order valence-corrected chi connectivity index (χ2v) is 3.75. The van der Waals surface area contributed by atoms with E-state index in [0.717, 1.165) is 0 Å². The maximum Gasteiger partial charge on any atom is 0.0456 e. The molecule has 1 nitrogen and oxygen atoms in total. The summed E-state index contributed by atoms with van der Waals surface area (Å²) in [6.07, 6.45) is 1.25. The van der Waals surface area contributed by atoms with Crippen LogP contribution in [0.3, 0.4) is 0 Å². The van der Waals surface area contributed by atoms with E-state index in [0.29, 0.717) is 0 Å². The molecule has 0 aliphatic carbocycles. The number of nitrogens with one attached hydrogen (secondary N) is 1. The van der Waals surface area contributed by atoms with Crippen molar-refractivity contribution in [3.8, 4) is 0 Å². The Labute approximate surface area is 99.9 Å². The van der Waals surface area contributed by atoms with E-state index in [9.17, 15) is 0 Å². The maximum absolute atomic E-state index is 3.29. The summed E-state index contributed by atoms with van der Waals surface area (Å²) in [5.41, 5.74) is 3.77. The van der Waals surface area contributed by atoms with Crippen LogP contribution in [0.5, 0.6) is 0 Å². The van der Waals surface area contributed by atoms with E-state index in [-0.39, 0.29) is 0 Å². The molecule has 0 aliphatic rings. The zero-order valence-corrected chi connectivity index (χ0v) is 11.5. The first kappa shape index (κ1) is 14.8. The Morgan fingerprint density at radius 1 is 1.00 bits per heavy atom. The molecule has 1 N–H and O–H groups in total. The molecule has 0 unspecified atom stereocenters. The van der Waals surface area contributed by atoms with Crippen LogP contribution < -0.4 is 0 Å². The van der Waals surface area contributed by atoms with Gasteiger partial charge >= 0.3 is 0 Å². The summed E-state index contributed by atoms with van der Waals surface area (Å²) in [5, 5.41) is 1.31. The predicted molar refractivity (Wildman–Crippen MR) is 75.1 cm³/mol. The lowest BCUT2D eigenvalue weighted by molar-refractivity contribution is 1.09. The monoisotopic (exact) mass is 219 g/mol. The second kappa shape index (κ2) is 7.98. The van der Waals surface area contributed by atoms with Crippen LogP contribution in [0.15, 0.2) is 24.3 Å². The molecule has 0 saturated carbocycles. The van der Waals surface area contributed by atoms with Crippen LogP contribution in [0.4, 0.5) is 0 Å². The molecular weight excluding hydrogens is 194 g/mol. The molecular formula is C15H25N. The smallest absolute Gasteiger partial charge is 0.0456 e. The number of benzene rings is 1. The minimum Gasteiger partial charge on any atom is -0.359 e. The molecule has 0 atom stereocenters. The summed E-state index contributed by atoms with van der Waals surface area (Å²) >= 11 is 0. The first-order valence-corrected chi connectivity index (χ1v) is 6.23. The van der Waals surface area contributed by atoms with Gasteiger partial charge in [0.2, 0.25) is 0 Å². The van der Waals surface area contributed by atoms with Crippen molar-refractivity contribution in [2.45, 2.75) is 48.0 Å². The van der Waals surface area contributed by atoms with Gasteiger partial charge in [-0.3, -0.25) is 0 Å². The standard InChI is InChI=1S/C10H11N.C3H8.C2H6/c1-7-3-4-10-9(5-7)6-8(2)11-10;1-3-2;1-2/h3-6,11H,1-2H3;3H2,1-2H3;1-2H3. The normalized spacial score (nSPS) is 8.88. The van der Waals surface area contributed by atoms with Gasteiger partial charge in [-0.2, -0.15) is 0 Å². The molecule has 90 valence electrons. The summed E-state index contributed by atoms with van der Waals surface area (Å²) in [5.74, 6) is 0. The molecule has 0 bridgehead atoms. The summed E-state index contributed by atoms with van der Waals surface area (Å²) in [7, 11) is 0. The van der Waals surface area contributed by atoms with E-state index >= 15 is 0 Å². The zero-order chi connectivity index (χ0) is 12.6. The van der Waals surface area contributed by atoms with Crippen LogP contribution in [0, 0.1) is 13.8 Å². The van der Waals surface area contributed by atoms with E-state index in [1.165, 1.54) is 28.6 Å². The molecule has 16 heavy (non-hydrogen) atoms. The molecule has 2 aromatic rings. The highest BCUT2D eigenvalue weighted by Gasteiger charge is 1.95. The first-order valence-electron chi connectivity index (χ1n) is 6.23. The van der Waals surface area contributed by atoms with Gasteiger partial charge < -0.3 is 4.98 Å². The number of H-pyrrole nitrogens is 1. The maximum atomic E-state index is 3.29. The van der Waals surface area contributed by atoms with E-state index < -0.39 is 0 Å². The molecule has 0 aliphatic heterocycles. The molecule has 0 fully saturated rings. The minimum absolute atomic E-state index is 1.23. The molecule has 0 radical (unpaired) electrons. The Kier molecular flexibility index (Phi) is 7.36. The average Bonchev–Trinajstić information content (AvgIpc) is 2.61. The fourth-order valence-corrected chi connectivity index (χ4v) is 1.40. The van der Waals surface area contributed by atoms with Crippen LogP contribution >= 0.6 is 0 Å². The lowest BCUT2D eigenvalue weighted by Crippen LogP contribution is -1.70. The van der Waals surface area contributed by atoms with Crippen LogP contribution in [0.1, 0.15) is 45.4 Å². The molecule has 1 heteroatoms. The lowest BCUT2D eigenvalue weighted by atomic mass is 10.2. The van der Waals surface area contributed by atoms with Crippen LogP contribution in [-0.2, 0) is 0 Å². The van der Waals surface area contributed by atoms with Crippen LogP contribution in [0.25, 0.3) is 10.9 Å². The van der Waals surface area contributed by atoms with E-state index in [1.54, 1.807) is 0 Å². The van der Waals surface area contributed by atoms with Gasteiger partial charge in [-0.05, 0) is 37.4 Å². The number of rotatable bonds is 0. The summed E-state index contributed by atoms with van der Waals surface area (Å²) < 4.78 is 0. The van der Waals surface area contributed by atoms with Crippen molar-refractivity contribution in [1.29, 1.82) is 0 Å². The van der Waals surface area contributed by atoms with Gasteiger partial charge in [0.05, 0.1) is 0 Å². The summed E-state index contributed by atoms with van der Waals surface area (Å²) in [6.45, 7) is 12.4. The molecule has 1 aromatic heterocycles. The van der Waals surface area contributed by atoms with Crippen molar-refractivity contribution < 1.29 is 0 Å². The molecule has 1 aromatic carbocycles. The van der Waals surface area contributed by atoms with Gasteiger partial charge in [-0.1, -0.05) is 45.7 Å². The van der Waals surface area contributed by atoms with E-state index in [2.05, 4.69) is 56.9 Å². The largest absolute Gasteiger partial charge is 0.359 e. The highest BCUT2D eigenvalue weighted by molar-refractivity contribution is 5.80. The van der Waals surface area contributed by atoms with Gasteiger partial charge in [0.25, 0.3) is 0 Å². The van der Waals surface area contributed by atoms with Crippen molar-refractivity contribution in [1.82, 2.24) is 4.98 Å². The lowest BCUT2D eigenvalue weighted by Gasteiger charge is -1.90. The average molecular weight is 219 g/mol. The molecule has 0 spiro atoms. The Balaban J connectivity index is 0.000000394. The third-order valence-corrected chi connectivity index (χ3v) is 1.91. The highest BCUT2D eigenvalue weighted by Crippen LogP contribution is 2.15. The number of fused-ring (bicyclic) bond motifs is 1. The Morgan fingerprint density at radius 2 is 1.56 bits per heavy atom. The molecule has 0 saturated heterocycles. The SMILES string of the molecule is CC.CCC.Cc1ccc2[nH]c(C)cc2c1. The Morgan fingerprint density at radius 3 is 2.12 bits per heavy atom. The fraction of sp³-hybridized carbons (Fsp3) is 0.467.